The summed E-state index contributed by atoms with van der Waals surface area (Å²) >= 11 is 0. The second kappa shape index (κ2) is 9.10. The molecule has 1 aromatic heterocycles. The number of hydrogen-bond donors (Lipinski definition) is 1. The standard InChI is InChI=1S/C27H22F3N2O3PS/c28-27(29,30)37(33,34)35-36(21-12-4-1-5-13-21,22-14-6-2-7-15-22,23-16-8-3-9-17-23)20-26-24-18-10-11-19-25(24)31-32-26/h1-19H,20H2,(H,31,32). The summed E-state index contributed by atoms with van der Waals surface area (Å²) in [5.41, 5.74) is -4.59. The first-order valence-electron chi connectivity index (χ1n) is 11.3. The zero-order valence-electron chi connectivity index (χ0n) is 19.3. The summed E-state index contributed by atoms with van der Waals surface area (Å²) in [7, 11) is -6.09. The molecule has 0 aliphatic rings. The van der Waals surface area contributed by atoms with Crippen LogP contribution in [0.15, 0.2) is 115 Å². The van der Waals surface area contributed by atoms with E-state index >= 15 is 0 Å². The number of alkyl halides is 3. The minimum absolute atomic E-state index is 0.209. The third-order valence-corrected chi connectivity index (χ3v) is 14.2. The van der Waals surface area contributed by atoms with Crippen LogP contribution in [0.1, 0.15) is 5.69 Å². The third-order valence-electron chi connectivity index (χ3n) is 6.45. The number of nitrogens with zero attached hydrogens (tertiary/aromatic N) is 1. The Kier molecular flexibility index (Phi) is 6.18. The molecule has 0 atom stereocenters. The third kappa shape index (κ3) is 4.03. The van der Waals surface area contributed by atoms with Crippen LogP contribution in [-0.4, -0.2) is 24.1 Å². The second-order valence-corrected chi connectivity index (χ2v) is 14.8. The van der Waals surface area contributed by atoms with E-state index < -0.39 is 22.5 Å². The first-order chi connectivity index (χ1) is 17.7. The first kappa shape index (κ1) is 25.1. The number of hydrogen-bond acceptors (Lipinski definition) is 4. The van der Waals surface area contributed by atoms with Crippen LogP contribution in [-0.2, 0) is 20.3 Å². The van der Waals surface area contributed by atoms with Crippen molar-refractivity contribution >= 4 is 43.8 Å². The fraction of sp³-hybridized carbons (Fsp3) is 0.0741. The number of H-pyrrole nitrogens is 1. The Labute approximate surface area is 212 Å². The number of benzene rings is 4. The van der Waals surface area contributed by atoms with Crippen LogP contribution in [0.3, 0.4) is 0 Å². The van der Waals surface area contributed by atoms with Gasteiger partial charge in [-0.25, -0.2) is 0 Å². The number of para-hydroxylation sites is 1. The molecule has 0 aliphatic heterocycles. The molecular weight excluding hydrogens is 520 g/mol. The van der Waals surface area contributed by atoms with Crippen LogP contribution < -0.4 is 15.9 Å². The summed E-state index contributed by atoms with van der Waals surface area (Å²) in [5.74, 6) is 0. The first-order valence-corrected chi connectivity index (χ1v) is 15.0. The molecule has 0 saturated heterocycles. The van der Waals surface area contributed by atoms with E-state index in [0.717, 1.165) is 0 Å². The zero-order valence-corrected chi connectivity index (χ0v) is 21.0. The van der Waals surface area contributed by atoms with Crippen LogP contribution in [0.4, 0.5) is 13.2 Å². The van der Waals surface area contributed by atoms with Gasteiger partial charge in [-0.3, -0.25) is 0 Å². The molecule has 4 aromatic carbocycles. The molecule has 1 heterocycles. The van der Waals surface area contributed by atoms with Crippen molar-refractivity contribution < 1.29 is 25.6 Å². The molecule has 0 radical (unpaired) electrons. The van der Waals surface area contributed by atoms with Gasteiger partial charge in [-0.15, -0.1) is 0 Å². The van der Waals surface area contributed by atoms with Gasteiger partial charge < -0.3 is 0 Å². The van der Waals surface area contributed by atoms with Gasteiger partial charge in [0.05, 0.1) is 0 Å². The Morgan fingerprint density at radius 2 is 1.14 bits per heavy atom. The SMILES string of the molecule is O=S(=O)(OP(Cc1[nH]nc2ccccc12)(c1ccccc1)(c1ccccc1)c1ccccc1)C(F)(F)F. The quantitative estimate of drug-likeness (QED) is 0.222. The number of aromatic amines is 1. The van der Waals surface area contributed by atoms with Crippen LogP contribution in [0.25, 0.3) is 10.9 Å². The van der Waals surface area contributed by atoms with Crippen molar-refractivity contribution in [1.82, 2.24) is 10.2 Å². The maximum atomic E-state index is 14.1. The molecular formula is C27H22F3N2O3PS. The number of nitrogens with one attached hydrogen (secondary N) is 1. The van der Waals surface area contributed by atoms with Crippen molar-refractivity contribution in [2.45, 2.75) is 11.7 Å². The van der Waals surface area contributed by atoms with Crippen molar-refractivity contribution in [2.24, 2.45) is 0 Å². The van der Waals surface area contributed by atoms with Crippen LogP contribution in [0, 0.1) is 0 Å². The van der Waals surface area contributed by atoms with E-state index in [1.807, 2.05) is 0 Å². The van der Waals surface area contributed by atoms with Crippen molar-refractivity contribution in [2.75, 3.05) is 0 Å². The van der Waals surface area contributed by atoms with E-state index in [-0.39, 0.29) is 6.16 Å². The Hall–Kier alpha value is -3.52. The van der Waals surface area contributed by atoms with Crippen LogP contribution >= 0.6 is 6.83 Å². The van der Waals surface area contributed by atoms with E-state index in [0.29, 0.717) is 32.5 Å². The van der Waals surface area contributed by atoms with Crippen molar-refractivity contribution in [1.29, 1.82) is 0 Å². The summed E-state index contributed by atoms with van der Waals surface area (Å²) in [6, 6.07) is 32.0. The summed E-state index contributed by atoms with van der Waals surface area (Å²) < 4.78 is 74.2. The van der Waals surface area contributed by atoms with Crippen molar-refractivity contribution in [3.8, 4) is 0 Å². The molecule has 0 aliphatic carbocycles. The molecule has 5 rings (SSSR count). The van der Waals surface area contributed by atoms with E-state index in [4.69, 9.17) is 3.97 Å². The van der Waals surface area contributed by atoms with Gasteiger partial charge in [0.25, 0.3) is 0 Å². The molecule has 190 valence electrons. The Morgan fingerprint density at radius 3 is 1.59 bits per heavy atom. The average Bonchev–Trinajstić information content (AvgIpc) is 3.31. The molecule has 0 amide bonds. The number of rotatable bonds is 7. The van der Waals surface area contributed by atoms with Crippen molar-refractivity contribution in [3.63, 3.8) is 0 Å². The fourth-order valence-corrected chi connectivity index (χ4v) is 12.8. The molecule has 0 fully saturated rings. The number of aromatic nitrogens is 2. The monoisotopic (exact) mass is 542 g/mol. The summed E-state index contributed by atoms with van der Waals surface area (Å²) in [4.78, 5) is 0. The summed E-state index contributed by atoms with van der Waals surface area (Å²) in [6.07, 6.45) is -0.209. The predicted molar refractivity (Wildman–Crippen MR) is 141 cm³/mol. The van der Waals surface area contributed by atoms with Gasteiger partial charge in [-0.2, -0.15) is 0 Å². The van der Waals surface area contributed by atoms with E-state index in [2.05, 4.69) is 10.2 Å². The van der Waals surface area contributed by atoms with Gasteiger partial charge in [0.15, 0.2) is 0 Å². The normalized spacial score (nSPS) is 13.8. The van der Waals surface area contributed by atoms with Gasteiger partial charge in [-0.05, 0) is 0 Å². The zero-order chi connectivity index (χ0) is 26.2. The number of halogens is 3. The van der Waals surface area contributed by atoms with E-state index in [9.17, 15) is 21.6 Å². The van der Waals surface area contributed by atoms with E-state index in [1.165, 1.54) is 0 Å². The fourth-order valence-electron chi connectivity index (χ4n) is 4.80. The predicted octanol–water partition coefficient (Wildman–Crippen LogP) is 5.37. The molecule has 1 N–H and O–H groups in total. The molecule has 0 bridgehead atoms. The van der Waals surface area contributed by atoms with E-state index in [1.54, 1.807) is 115 Å². The Morgan fingerprint density at radius 1 is 0.703 bits per heavy atom. The average molecular weight is 543 g/mol. The second-order valence-electron chi connectivity index (χ2n) is 8.57. The van der Waals surface area contributed by atoms with Crippen LogP contribution in [0.2, 0.25) is 0 Å². The molecule has 37 heavy (non-hydrogen) atoms. The number of fused-ring (bicyclic) bond motifs is 1. The molecule has 0 unspecified atom stereocenters. The Bertz CT molecular complexity index is 1540. The summed E-state index contributed by atoms with van der Waals surface area (Å²) in [6.45, 7) is -4.96. The van der Waals surface area contributed by atoms with Gasteiger partial charge in [0, 0.05) is 0 Å². The van der Waals surface area contributed by atoms with Gasteiger partial charge in [0.1, 0.15) is 0 Å². The molecule has 5 nitrogen and oxygen atoms in total. The topological polar surface area (TPSA) is 72.1 Å². The van der Waals surface area contributed by atoms with Gasteiger partial charge >= 0.3 is 212 Å². The Balaban J connectivity index is 2.00. The summed E-state index contributed by atoms with van der Waals surface area (Å²) in [5, 5.41) is 8.94. The molecule has 10 heteroatoms. The minimum atomic E-state index is -6.09. The van der Waals surface area contributed by atoms with Crippen molar-refractivity contribution in [3.05, 3.63) is 121 Å². The van der Waals surface area contributed by atoms with Crippen LogP contribution in [0.5, 0.6) is 0 Å². The molecule has 0 saturated carbocycles. The molecule has 5 aromatic rings. The maximum absolute atomic E-state index is 14.1. The molecule has 0 spiro atoms. The van der Waals surface area contributed by atoms with Gasteiger partial charge in [0.2, 0.25) is 0 Å². The van der Waals surface area contributed by atoms with Gasteiger partial charge in [-0.1, -0.05) is 0 Å².